The van der Waals surface area contributed by atoms with Crippen LogP contribution in [0.4, 0.5) is 0 Å². The lowest BCUT2D eigenvalue weighted by molar-refractivity contribution is 0.0548. The number of nitrogens with one attached hydrogen (secondary N) is 1. The minimum Gasteiger partial charge on any atom is -0.316 e. The minimum atomic E-state index is -0.153. The maximum atomic E-state index is 8.51. The van der Waals surface area contributed by atoms with Crippen molar-refractivity contribution in [1.82, 2.24) is 5.48 Å². The first-order valence-electron chi connectivity index (χ1n) is 2.92. The quantitative estimate of drug-likeness (QED) is 0.536. The molecule has 0 saturated carbocycles. The summed E-state index contributed by atoms with van der Waals surface area (Å²) in [7, 11) is 0. The van der Waals surface area contributed by atoms with Gasteiger partial charge in [0, 0.05) is 5.54 Å². The van der Waals surface area contributed by atoms with Crippen molar-refractivity contribution in [1.29, 1.82) is 0 Å². The Labute approximate surface area is 50.9 Å². The maximum Gasteiger partial charge on any atom is 0.0396 e. The van der Waals surface area contributed by atoms with Crippen LogP contribution in [-0.4, -0.2) is 10.7 Å². The molecule has 0 aliphatic carbocycles. The Morgan fingerprint density at radius 1 is 1.38 bits per heavy atom. The van der Waals surface area contributed by atoms with Gasteiger partial charge in [0.15, 0.2) is 0 Å². The van der Waals surface area contributed by atoms with Crippen molar-refractivity contribution in [2.24, 2.45) is 5.92 Å². The van der Waals surface area contributed by atoms with E-state index in [0.717, 1.165) is 0 Å². The molecule has 0 atom stereocenters. The molecular formula is C6H15NO. The average Bonchev–Trinajstić information content (AvgIpc) is 1.67. The van der Waals surface area contributed by atoms with Crippen molar-refractivity contribution in [3.05, 3.63) is 0 Å². The molecule has 0 aromatic carbocycles. The van der Waals surface area contributed by atoms with Crippen molar-refractivity contribution in [3.63, 3.8) is 0 Å². The zero-order valence-corrected chi connectivity index (χ0v) is 6.02. The van der Waals surface area contributed by atoms with Gasteiger partial charge in [0.25, 0.3) is 0 Å². The average molecular weight is 117 g/mol. The molecule has 0 aliphatic rings. The summed E-state index contributed by atoms with van der Waals surface area (Å²) in [6.45, 7) is 8.03. The second-order valence-electron chi connectivity index (χ2n) is 2.99. The van der Waals surface area contributed by atoms with Gasteiger partial charge in [-0.1, -0.05) is 13.8 Å². The number of rotatable bonds is 2. The Kier molecular flexibility index (Phi) is 2.44. The highest BCUT2D eigenvalue weighted by Crippen LogP contribution is 2.12. The van der Waals surface area contributed by atoms with Gasteiger partial charge in [-0.2, -0.15) is 5.48 Å². The van der Waals surface area contributed by atoms with Gasteiger partial charge < -0.3 is 5.21 Å². The molecule has 0 amide bonds. The van der Waals surface area contributed by atoms with Gasteiger partial charge in [-0.15, -0.1) is 0 Å². The van der Waals surface area contributed by atoms with Crippen LogP contribution in [0.2, 0.25) is 0 Å². The Hall–Kier alpha value is -0.0800. The molecule has 2 heteroatoms. The van der Waals surface area contributed by atoms with Crippen LogP contribution in [0.25, 0.3) is 0 Å². The van der Waals surface area contributed by atoms with Crippen LogP contribution in [-0.2, 0) is 0 Å². The molecule has 2 nitrogen and oxygen atoms in total. The fourth-order valence-corrected chi connectivity index (χ4v) is 0.129. The van der Waals surface area contributed by atoms with Crippen LogP contribution >= 0.6 is 0 Å². The first-order valence-corrected chi connectivity index (χ1v) is 2.92. The smallest absolute Gasteiger partial charge is 0.0396 e. The lowest BCUT2D eigenvalue weighted by Crippen LogP contribution is -2.41. The Bertz CT molecular complexity index is 68.9. The van der Waals surface area contributed by atoms with Crippen LogP contribution in [0.3, 0.4) is 0 Å². The summed E-state index contributed by atoms with van der Waals surface area (Å²) in [6, 6.07) is 0. The molecule has 0 fully saturated rings. The molecule has 8 heavy (non-hydrogen) atoms. The zero-order chi connectivity index (χ0) is 6.78. The molecule has 0 spiro atoms. The summed E-state index contributed by atoms with van der Waals surface area (Å²) in [5.74, 6) is 0.451. The van der Waals surface area contributed by atoms with E-state index < -0.39 is 0 Å². The van der Waals surface area contributed by atoms with Crippen LogP contribution in [0.15, 0.2) is 0 Å². The monoisotopic (exact) mass is 117 g/mol. The van der Waals surface area contributed by atoms with Gasteiger partial charge >= 0.3 is 0 Å². The van der Waals surface area contributed by atoms with Crippen LogP contribution in [0.5, 0.6) is 0 Å². The van der Waals surface area contributed by atoms with Gasteiger partial charge in [-0.3, -0.25) is 0 Å². The fraction of sp³-hybridized carbons (Fsp3) is 1.00. The molecule has 0 unspecified atom stereocenters. The largest absolute Gasteiger partial charge is 0.316 e. The molecule has 0 bridgehead atoms. The summed E-state index contributed by atoms with van der Waals surface area (Å²) < 4.78 is 0. The standard InChI is InChI=1S/C6H15NO/c1-5(2)6(3,4)7-8/h5,7-8H,1-4H3. The van der Waals surface area contributed by atoms with Gasteiger partial charge in [0.1, 0.15) is 0 Å². The predicted octanol–water partition coefficient (Wildman–Crippen LogP) is 1.40. The molecule has 0 aromatic heterocycles. The fourth-order valence-electron chi connectivity index (χ4n) is 0.129. The molecular weight excluding hydrogens is 102 g/mol. The number of hydrogen-bond acceptors (Lipinski definition) is 2. The van der Waals surface area contributed by atoms with Crippen molar-refractivity contribution < 1.29 is 5.21 Å². The number of hydrogen-bond donors (Lipinski definition) is 2. The van der Waals surface area contributed by atoms with E-state index in [4.69, 9.17) is 5.21 Å². The minimum absolute atomic E-state index is 0.153. The van der Waals surface area contributed by atoms with E-state index in [1.54, 1.807) is 0 Å². The van der Waals surface area contributed by atoms with E-state index in [2.05, 4.69) is 19.3 Å². The lowest BCUT2D eigenvalue weighted by Gasteiger charge is -2.26. The lowest BCUT2D eigenvalue weighted by atomic mass is 9.92. The second kappa shape index (κ2) is 2.46. The summed E-state index contributed by atoms with van der Waals surface area (Å²) in [5.41, 5.74) is 2.09. The first kappa shape index (κ1) is 7.92. The van der Waals surface area contributed by atoms with Crippen LogP contribution in [0, 0.1) is 5.92 Å². The summed E-state index contributed by atoms with van der Waals surface area (Å²) in [5, 5.41) is 8.51. The normalized spacial score (nSPS) is 12.8. The molecule has 0 rings (SSSR count). The third-order valence-corrected chi connectivity index (χ3v) is 1.73. The Morgan fingerprint density at radius 2 is 1.75 bits per heavy atom. The predicted molar refractivity (Wildman–Crippen MR) is 33.8 cm³/mol. The molecule has 0 radical (unpaired) electrons. The van der Waals surface area contributed by atoms with Gasteiger partial charge in [-0.05, 0) is 19.8 Å². The highest BCUT2D eigenvalue weighted by atomic mass is 16.5. The van der Waals surface area contributed by atoms with E-state index >= 15 is 0 Å². The molecule has 0 heterocycles. The summed E-state index contributed by atoms with van der Waals surface area (Å²) in [4.78, 5) is 0. The topological polar surface area (TPSA) is 32.3 Å². The highest BCUT2D eigenvalue weighted by Gasteiger charge is 2.19. The van der Waals surface area contributed by atoms with Crippen molar-refractivity contribution in [2.75, 3.05) is 0 Å². The third kappa shape index (κ3) is 1.80. The number of hydroxylamine groups is 1. The van der Waals surface area contributed by atoms with E-state index in [9.17, 15) is 0 Å². The van der Waals surface area contributed by atoms with E-state index in [-0.39, 0.29) is 5.54 Å². The highest BCUT2D eigenvalue weighted by molar-refractivity contribution is 4.75. The zero-order valence-electron chi connectivity index (χ0n) is 6.02. The van der Waals surface area contributed by atoms with Crippen molar-refractivity contribution in [3.8, 4) is 0 Å². The first-order chi connectivity index (χ1) is 3.50. The summed E-state index contributed by atoms with van der Waals surface area (Å²) in [6.07, 6.45) is 0. The van der Waals surface area contributed by atoms with Gasteiger partial charge in [0.05, 0.1) is 0 Å². The van der Waals surface area contributed by atoms with Crippen LogP contribution < -0.4 is 5.48 Å². The van der Waals surface area contributed by atoms with Gasteiger partial charge in [-0.25, -0.2) is 0 Å². The SMILES string of the molecule is CC(C)C(C)(C)NO. The third-order valence-electron chi connectivity index (χ3n) is 1.73. The van der Waals surface area contributed by atoms with E-state index in [1.165, 1.54) is 0 Å². The van der Waals surface area contributed by atoms with E-state index in [1.807, 2.05) is 13.8 Å². The molecule has 2 N–H and O–H groups in total. The Morgan fingerprint density at radius 3 is 1.75 bits per heavy atom. The molecule has 50 valence electrons. The maximum absolute atomic E-state index is 8.51. The van der Waals surface area contributed by atoms with Gasteiger partial charge in [0.2, 0.25) is 0 Å². The summed E-state index contributed by atoms with van der Waals surface area (Å²) >= 11 is 0. The van der Waals surface area contributed by atoms with E-state index in [0.29, 0.717) is 5.92 Å². The molecule has 0 aliphatic heterocycles. The van der Waals surface area contributed by atoms with Crippen molar-refractivity contribution >= 4 is 0 Å². The molecule has 0 saturated heterocycles. The molecule has 0 aromatic rings. The Balaban J connectivity index is 3.71. The van der Waals surface area contributed by atoms with Crippen molar-refractivity contribution in [2.45, 2.75) is 33.2 Å². The second-order valence-corrected chi connectivity index (χ2v) is 2.99. The van der Waals surface area contributed by atoms with Crippen LogP contribution in [0.1, 0.15) is 27.7 Å².